The molecular formula is C17H28BrNO2. The molecule has 0 aliphatic heterocycles. The molecule has 3 nitrogen and oxygen atoms in total. The lowest BCUT2D eigenvalue weighted by molar-refractivity contribution is -0.160. The van der Waals surface area contributed by atoms with Gasteiger partial charge in [-0.15, -0.1) is 0 Å². The molecule has 0 amide bonds. The van der Waals surface area contributed by atoms with Gasteiger partial charge in [-0.1, -0.05) is 36.7 Å². The van der Waals surface area contributed by atoms with Crippen molar-refractivity contribution in [2.24, 2.45) is 5.92 Å². The van der Waals surface area contributed by atoms with Crippen LogP contribution < -0.4 is 0 Å². The van der Waals surface area contributed by atoms with E-state index in [0.717, 1.165) is 29.4 Å². The van der Waals surface area contributed by atoms with Gasteiger partial charge in [0.15, 0.2) is 0 Å². The standard InChI is InChI=1S/C10H20O2.C7H8BrN/c1-6-8(7-2)9(11)12-10(3,4)5;1-2-7-5-6(8)3-4-9-7/h8H,6-7H2,1-5H3;3-5H,2H2,1H3. The minimum absolute atomic E-state index is 0.0625. The largest absolute Gasteiger partial charge is 0.460 e. The van der Waals surface area contributed by atoms with Gasteiger partial charge in [0, 0.05) is 16.4 Å². The minimum Gasteiger partial charge on any atom is -0.460 e. The Balaban J connectivity index is 0.000000394. The van der Waals surface area contributed by atoms with Crippen molar-refractivity contribution >= 4 is 21.9 Å². The zero-order valence-electron chi connectivity index (χ0n) is 14.1. The Morgan fingerprint density at radius 1 is 1.29 bits per heavy atom. The van der Waals surface area contributed by atoms with Crippen LogP contribution >= 0.6 is 15.9 Å². The van der Waals surface area contributed by atoms with Crippen LogP contribution in [-0.2, 0) is 16.0 Å². The smallest absolute Gasteiger partial charge is 0.309 e. The van der Waals surface area contributed by atoms with Gasteiger partial charge in [-0.3, -0.25) is 9.78 Å². The number of halogens is 1. The fourth-order valence-electron chi connectivity index (χ4n) is 1.65. The molecule has 4 heteroatoms. The normalized spacial score (nSPS) is 10.9. The Hall–Kier alpha value is -0.900. The molecule has 0 saturated carbocycles. The lowest BCUT2D eigenvalue weighted by Crippen LogP contribution is -2.28. The van der Waals surface area contributed by atoms with Crippen molar-refractivity contribution < 1.29 is 9.53 Å². The van der Waals surface area contributed by atoms with Gasteiger partial charge in [-0.25, -0.2) is 0 Å². The number of carbonyl (C=O) groups is 1. The summed E-state index contributed by atoms with van der Waals surface area (Å²) in [6.45, 7) is 11.8. The monoisotopic (exact) mass is 357 g/mol. The van der Waals surface area contributed by atoms with Gasteiger partial charge >= 0.3 is 5.97 Å². The van der Waals surface area contributed by atoms with Crippen LogP contribution in [0, 0.1) is 5.92 Å². The van der Waals surface area contributed by atoms with Gasteiger partial charge in [0.2, 0.25) is 0 Å². The summed E-state index contributed by atoms with van der Waals surface area (Å²) in [6, 6.07) is 3.96. The Bertz CT molecular complexity index is 423. The van der Waals surface area contributed by atoms with Crippen LogP contribution in [-0.4, -0.2) is 16.6 Å². The molecule has 1 aromatic rings. The van der Waals surface area contributed by atoms with Crippen molar-refractivity contribution in [3.63, 3.8) is 0 Å². The van der Waals surface area contributed by atoms with E-state index < -0.39 is 0 Å². The molecule has 0 saturated heterocycles. The zero-order valence-corrected chi connectivity index (χ0v) is 15.7. The average molecular weight is 358 g/mol. The highest BCUT2D eigenvalue weighted by molar-refractivity contribution is 9.10. The van der Waals surface area contributed by atoms with Crippen molar-refractivity contribution in [3.05, 3.63) is 28.5 Å². The first-order chi connectivity index (χ1) is 9.73. The van der Waals surface area contributed by atoms with Gasteiger partial charge in [0.05, 0.1) is 5.92 Å². The van der Waals surface area contributed by atoms with E-state index in [1.807, 2.05) is 52.9 Å². The fraction of sp³-hybridized carbons (Fsp3) is 0.647. The third kappa shape index (κ3) is 9.62. The van der Waals surface area contributed by atoms with Crippen LogP contribution in [0.3, 0.4) is 0 Å². The molecule has 1 rings (SSSR count). The van der Waals surface area contributed by atoms with Crippen molar-refractivity contribution in [2.45, 2.75) is 66.4 Å². The zero-order chi connectivity index (χ0) is 16.5. The molecule has 0 radical (unpaired) electrons. The first-order valence-electron chi connectivity index (χ1n) is 7.56. The molecule has 21 heavy (non-hydrogen) atoms. The van der Waals surface area contributed by atoms with Gasteiger partial charge in [-0.2, -0.15) is 0 Å². The third-order valence-electron chi connectivity index (χ3n) is 2.87. The number of pyridine rings is 1. The van der Waals surface area contributed by atoms with E-state index in [1.54, 1.807) is 0 Å². The van der Waals surface area contributed by atoms with Crippen molar-refractivity contribution in [2.75, 3.05) is 0 Å². The first kappa shape index (κ1) is 20.1. The molecule has 120 valence electrons. The molecule has 0 unspecified atom stereocenters. The first-order valence-corrected chi connectivity index (χ1v) is 8.36. The third-order valence-corrected chi connectivity index (χ3v) is 3.36. The fourth-order valence-corrected chi connectivity index (χ4v) is 2.03. The Kier molecular flexibility index (Phi) is 9.51. The number of aromatic nitrogens is 1. The predicted octanol–water partition coefficient (Wildman–Crippen LogP) is 5.17. The van der Waals surface area contributed by atoms with E-state index in [4.69, 9.17) is 4.74 Å². The second-order valence-corrected chi connectivity index (χ2v) is 6.78. The lowest BCUT2D eigenvalue weighted by atomic mass is 10.0. The molecule has 1 heterocycles. The predicted molar refractivity (Wildman–Crippen MR) is 91.2 cm³/mol. The summed E-state index contributed by atoms with van der Waals surface area (Å²) in [5, 5.41) is 0. The van der Waals surface area contributed by atoms with Crippen LogP contribution in [0.1, 0.15) is 60.1 Å². The Morgan fingerprint density at radius 3 is 2.19 bits per heavy atom. The SMILES string of the molecule is CCC(CC)C(=O)OC(C)(C)C.CCc1cc(Br)ccn1. The van der Waals surface area contributed by atoms with E-state index >= 15 is 0 Å². The van der Waals surface area contributed by atoms with Crippen LogP contribution in [0.5, 0.6) is 0 Å². The molecule has 0 aromatic carbocycles. The van der Waals surface area contributed by atoms with Gasteiger partial charge in [0.1, 0.15) is 5.60 Å². The minimum atomic E-state index is -0.348. The number of hydrogen-bond donors (Lipinski definition) is 0. The van der Waals surface area contributed by atoms with Crippen molar-refractivity contribution in [1.29, 1.82) is 0 Å². The quantitative estimate of drug-likeness (QED) is 0.697. The number of esters is 1. The molecule has 0 bridgehead atoms. The average Bonchev–Trinajstić information content (AvgIpc) is 2.38. The summed E-state index contributed by atoms with van der Waals surface area (Å²) in [5.74, 6) is 0.0109. The summed E-state index contributed by atoms with van der Waals surface area (Å²) in [7, 11) is 0. The van der Waals surface area contributed by atoms with Crippen LogP contribution in [0.4, 0.5) is 0 Å². The van der Waals surface area contributed by atoms with Gasteiger partial charge in [-0.05, 0) is 52.2 Å². The topological polar surface area (TPSA) is 39.2 Å². The van der Waals surface area contributed by atoms with E-state index in [2.05, 4.69) is 27.8 Å². The maximum absolute atomic E-state index is 11.4. The second-order valence-electron chi connectivity index (χ2n) is 5.87. The molecule has 0 spiro atoms. The Morgan fingerprint density at radius 2 is 1.86 bits per heavy atom. The van der Waals surface area contributed by atoms with Crippen molar-refractivity contribution in [1.82, 2.24) is 4.98 Å². The van der Waals surface area contributed by atoms with Crippen LogP contribution in [0.25, 0.3) is 0 Å². The number of aryl methyl sites for hydroxylation is 1. The molecular weight excluding hydrogens is 330 g/mol. The summed E-state index contributed by atoms with van der Waals surface area (Å²) in [4.78, 5) is 15.5. The van der Waals surface area contributed by atoms with E-state index in [9.17, 15) is 4.79 Å². The molecule has 0 aliphatic carbocycles. The Labute approximate surface area is 137 Å². The maximum atomic E-state index is 11.4. The molecule has 0 N–H and O–H groups in total. The summed E-state index contributed by atoms with van der Waals surface area (Å²) in [5.41, 5.74) is 0.782. The number of hydrogen-bond acceptors (Lipinski definition) is 3. The number of rotatable bonds is 4. The van der Waals surface area contributed by atoms with E-state index in [0.29, 0.717) is 0 Å². The number of nitrogens with zero attached hydrogens (tertiary/aromatic N) is 1. The van der Waals surface area contributed by atoms with Gasteiger partial charge < -0.3 is 4.74 Å². The van der Waals surface area contributed by atoms with Crippen LogP contribution in [0.2, 0.25) is 0 Å². The highest BCUT2D eigenvalue weighted by atomic mass is 79.9. The number of ether oxygens (including phenoxy) is 1. The molecule has 0 atom stereocenters. The highest BCUT2D eigenvalue weighted by Crippen LogP contribution is 2.15. The summed E-state index contributed by atoms with van der Waals surface area (Å²) >= 11 is 3.36. The highest BCUT2D eigenvalue weighted by Gasteiger charge is 2.21. The summed E-state index contributed by atoms with van der Waals surface area (Å²) < 4.78 is 6.35. The summed E-state index contributed by atoms with van der Waals surface area (Å²) in [6.07, 6.45) is 4.54. The van der Waals surface area contributed by atoms with Crippen molar-refractivity contribution in [3.8, 4) is 0 Å². The maximum Gasteiger partial charge on any atom is 0.309 e. The molecule has 0 fully saturated rings. The molecule has 0 aliphatic rings. The van der Waals surface area contributed by atoms with E-state index in [1.165, 1.54) is 0 Å². The number of carbonyl (C=O) groups excluding carboxylic acids is 1. The second kappa shape index (κ2) is 9.93. The molecule has 1 aromatic heterocycles. The lowest BCUT2D eigenvalue weighted by Gasteiger charge is -2.22. The van der Waals surface area contributed by atoms with Crippen LogP contribution in [0.15, 0.2) is 22.8 Å². The van der Waals surface area contributed by atoms with Gasteiger partial charge in [0.25, 0.3) is 0 Å². The van der Waals surface area contributed by atoms with E-state index in [-0.39, 0.29) is 17.5 Å².